The molecule has 6 nitrogen and oxygen atoms in total. The highest BCUT2D eigenvalue weighted by molar-refractivity contribution is 6.35. The van der Waals surface area contributed by atoms with Gasteiger partial charge in [-0.25, -0.2) is 9.59 Å². The summed E-state index contributed by atoms with van der Waals surface area (Å²) in [7, 11) is 0. The second kappa shape index (κ2) is 7.42. The van der Waals surface area contributed by atoms with Gasteiger partial charge >= 0.3 is 12.1 Å². The van der Waals surface area contributed by atoms with Crippen molar-refractivity contribution in [1.82, 2.24) is 20.9 Å². The Bertz CT molecular complexity index is 944. The minimum atomic E-state index is -0.115. The summed E-state index contributed by atoms with van der Waals surface area (Å²) in [6, 6.07) is 5.11. The summed E-state index contributed by atoms with van der Waals surface area (Å²) in [5, 5.41) is 10.5. The van der Waals surface area contributed by atoms with Gasteiger partial charge in [0.25, 0.3) is 0 Å². The number of hydrogen-bond acceptors (Lipinski definition) is 2. The molecule has 0 radical (unpaired) electrons. The van der Waals surface area contributed by atoms with Crippen molar-refractivity contribution in [3.63, 3.8) is 0 Å². The maximum atomic E-state index is 12.9. The number of urea groups is 2. The van der Waals surface area contributed by atoms with Gasteiger partial charge in [-0.05, 0) is 80.4 Å². The summed E-state index contributed by atoms with van der Waals surface area (Å²) >= 11 is 12.2. The molecule has 0 bridgehead atoms. The predicted molar refractivity (Wildman–Crippen MR) is 124 cm³/mol. The molecule has 1 spiro atoms. The van der Waals surface area contributed by atoms with Crippen molar-refractivity contribution in [3.05, 3.63) is 33.8 Å². The molecule has 4 aliphatic carbocycles. The van der Waals surface area contributed by atoms with Crippen molar-refractivity contribution in [2.24, 2.45) is 23.2 Å². The maximum absolute atomic E-state index is 12.9. The second-order valence-corrected chi connectivity index (χ2v) is 11.4. The third-order valence-corrected chi connectivity index (χ3v) is 9.95. The summed E-state index contributed by atoms with van der Waals surface area (Å²) in [6.45, 7) is 1.53. The number of nitrogens with one attached hydrogen (secondary N) is 3. The number of carbonyl (C=O) groups is 2. The van der Waals surface area contributed by atoms with Gasteiger partial charge in [0.1, 0.15) is 0 Å². The van der Waals surface area contributed by atoms with Crippen LogP contribution in [0, 0.1) is 23.2 Å². The lowest BCUT2D eigenvalue weighted by molar-refractivity contribution is -0.393. The minimum Gasteiger partial charge on any atom is -0.336 e. The standard InChI is InChI=1S/C24H30Cl2N4O2/c25-18-5-4-14(20(26)9-18)12-28-22(32)30-6-2-1-3-19(30)13-27-21(31)29-23-10-16-7-15-8-17(11-23)24(15,16)23/h4-5,9,15-17,19H,1-3,6-8,10-13H2,(H,28,32)(H2,27,29,31). The van der Waals surface area contributed by atoms with Gasteiger partial charge in [0, 0.05) is 40.6 Å². The minimum absolute atomic E-state index is 0.00860. The van der Waals surface area contributed by atoms with Gasteiger partial charge in [-0.1, -0.05) is 29.3 Å². The maximum Gasteiger partial charge on any atom is 0.317 e. The van der Waals surface area contributed by atoms with Crippen LogP contribution in [0.25, 0.3) is 0 Å². The van der Waals surface area contributed by atoms with Crippen LogP contribution in [0.2, 0.25) is 10.0 Å². The zero-order valence-corrected chi connectivity index (χ0v) is 19.6. The van der Waals surface area contributed by atoms with Crippen LogP contribution in [0.1, 0.15) is 50.5 Å². The number of halogens is 2. The van der Waals surface area contributed by atoms with E-state index in [0.717, 1.165) is 42.6 Å². The highest BCUT2D eigenvalue weighted by atomic mass is 35.5. The first-order valence-corrected chi connectivity index (χ1v) is 12.7. The number of rotatable bonds is 5. The number of nitrogens with zero attached hydrogens (tertiary/aromatic N) is 1. The molecule has 8 heteroatoms. The SMILES string of the molecule is O=C(NCC1CCCCN1C(=O)NCc1ccc(Cl)cc1Cl)NC12CC3CC4CC(C1)C432. The molecule has 6 rings (SSSR count). The van der Waals surface area contributed by atoms with E-state index in [1.54, 1.807) is 12.1 Å². The molecular formula is C24H30Cl2N4O2. The largest absolute Gasteiger partial charge is 0.336 e. The molecule has 32 heavy (non-hydrogen) atoms. The second-order valence-electron chi connectivity index (χ2n) is 10.6. The first-order valence-electron chi connectivity index (χ1n) is 12.0. The summed E-state index contributed by atoms with van der Waals surface area (Å²) in [5.74, 6) is 2.60. The molecule has 0 aromatic heterocycles. The predicted octanol–water partition coefficient (Wildman–Crippen LogP) is 4.55. The molecule has 3 unspecified atom stereocenters. The molecule has 5 fully saturated rings. The lowest BCUT2D eigenvalue weighted by atomic mass is 9.15. The van der Waals surface area contributed by atoms with Gasteiger partial charge in [-0.2, -0.15) is 0 Å². The number of hydrogen-bond donors (Lipinski definition) is 3. The van der Waals surface area contributed by atoms with Gasteiger partial charge < -0.3 is 20.9 Å². The van der Waals surface area contributed by atoms with Crippen LogP contribution in [0.4, 0.5) is 9.59 Å². The fourth-order valence-electron chi connectivity index (χ4n) is 8.03. The van der Waals surface area contributed by atoms with Crippen molar-refractivity contribution in [2.45, 2.75) is 63.1 Å². The molecule has 4 amide bonds. The molecule has 3 atom stereocenters. The Morgan fingerprint density at radius 1 is 1.06 bits per heavy atom. The molecular weight excluding hydrogens is 447 g/mol. The van der Waals surface area contributed by atoms with Crippen molar-refractivity contribution >= 4 is 35.3 Å². The summed E-state index contributed by atoms with van der Waals surface area (Å²) < 4.78 is 0. The smallest absolute Gasteiger partial charge is 0.317 e. The summed E-state index contributed by atoms with van der Waals surface area (Å²) in [6.07, 6.45) is 8.05. The van der Waals surface area contributed by atoms with Crippen molar-refractivity contribution in [1.29, 1.82) is 0 Å². The van der Waals surface area contributed by atoms with E-state index in [1.807, 2.05) is 11.0 Å². The average molecular weight is 477 g/mol. The van der Waals surface area contributed by atoms with Crippen molar-refractivity contribution in [2.75, 3.05) is 13.1 Å². The van der Waals surface area contributed by atoms with E-state index in [0.29, 0.717) is 35.1 Å². The quantitative estimate of drug-likeness (QED) is 0.583. The summed E-state index contributed by atoms with van der Waals surface area (Å²) in [4.78, 5) is 27.5. The van der Waals surface area contributed by atoms with Crippen LogP contribution in [-0.4, -0.2) is 41.6 Å². The van der Waals surface area contributed by atoms with E-state index in [9.17, 15) is 9.59 Å². The number of likely N-dealkylation sites (tertiary alicyclic amines) is 1. The van der Waals surface area contributed by atoms with Gasteiger partial charge in [-0.3, -0.25) is 0 Å². The van der Waals surface area contributed by atoms with E-state index in [-0.39, 0.29) is 23.6 Å². The first kappa shape index (κ1) is 20.9. The van der Waals surface area contributed by atoms with Crippen LogP contribution < -0.4 is 16.0 Å². The van der Waals surface area contributed by atoms with Crippen molar-refractivity contribution < 1.29 is 9.59 Å². The Morgan fingerprint density at radius 2 is 1.84 bits per heavy atom. The molecule has 4 saturated carbocycles. The summed E-state index contributed by atoms with van der Waals surface area (Å²) in [5.41, 5.74) is 1.39. The van der Waals surface area contributed by atoms with E-state index < -0.39 is 0 Å². The highest BCUT2D eigenvalue weighted by Crippen LogP contribution is 2.89. The Labute approximate surface area is 198 Å². The Kier molecular flexibility index (Phi) is 4.85. The molecule has 172 valence electrons. The topological polar surface area (TPSA) is 73.5 Å². The lowest BCUT2D eigenvalue weighted by Gasteiger charge is -2.90. The Hall–Kier alpha value is -1.66. The van der Waals surface area contributed by atoms with Gasteiger partial charge in [0.15, 0.2) is 0 Å². The molecule has 1 aromatic rings. The Morgan fingerprint density at radius 3 is 2.53 bits per heavy atom. The van der Waals surface area contributed by atoms with Crippen LogP contribution >= 0.6 is 23.2 Å². The monoisotopic (exact) mass is 476 g/mol. The Balaban J connectivity index is 1.01. The van der Waals surface area contributed by atoms with Crippen molar-refractivity contribution in [3.8, 4) is 0 Å². The van der Waals surface area contributed by atoms with Gasteiger partial charge in [0.2, 0.25) is 0 Å². The molecule has 1 aromatic carbocycles. The normalized spacial score (nSPS) is 38.0. The fraction of sp³-hybridized carbons (Fsp3) is 0.667. The zero-order valence-electron chi connectivity index (χ0n) is 18.1. The number of carbonyl (C=O) groups excluding carboxylic acids is 2. The van der Waals surface area contributed by atoms with Crippen LogP contribution in [-0.2, 0) is 6.54 Å². The first-order chi connectivity index (χ1) is 15.4. The number of piperidine rings is 1. The molecule has 5 aliphatic rings. The number of benzene rings is 1. The zero-order chi connectivity index (χ0) is 22.1. The molecule has 3 N–H and O–H groups in total. The van der Waals surface area contributed by atoms with Crippen LogP contribution in [0.3, 0.4) is 0 Å². The van der Waals surface area contributed by atoms with E-state index in [2.05, 4.69) is 16.0 Å². The van der Waals surface area contributed by atoms with Crippen LogP contribution in [0.15, 0.2) is 18.2 Å². The van der Waals surface area contributed by atoms with Crippen LogP contribution in [0.5, 0.6) is 0 Å². The molecule has 1 heterocycles. The van der Waals surface area contributed by atoms with E-state index in [4.69, 9.17) is 23.2 Å². The lowest BCUT2D eigenvalue weighted by Crippen LogP contribution is -2.93. The third kappa shape index (κ3) is 2.84. The molecule has 1 aliphatic heterocycles. The average Bonchev–Trinajstić information content (AvgIpc) is 2.72. The molecule has 1 saturated heterocycles. The van der Waals surface area contributed by atoms with Gasteiger partial charge in [0.05, 0.1) is 6.04 Å². The fourth-order valence-corrected chi connectivity index (χ4v) is 8.51. The third-order valence-electron chi connectivity index (χ3n) is 9.37. The van der Waals surface area contributed by atoms with E-state index >= 15 is 0 Å². The highest BCUT2D eigenvalue weighted by Gasteiger charge is 2.88. The van der Waals surface area contributed by atoms with E-state index in [1.165, 1.54) is 25.7 Å². The van der Waals surface area contributed by atoms with Gasteiger partial charge in [-0.15, -0.1) is 0 Å². The number of amides is 4.